The summed E-state index contributed by atoms with van der Waals surface area (Å²) in [5.41, 5.74) is 2.81. The van der Waals surface area contributed by atoms with E-state index in [4.69, 9.17) is 10.2 Å². The lowest BCUT2D eigenvalue weighted by molar-refractivity contribution is 0.0659. The first kappa shape index (κ1) is 83.4. The highest BCUT2D eigenvalue weighted by molar-refractivity contribution is 5.84. The molecule has 0 aliphatic heterocycles. The molecule has 0 fully saturated rings. The number of carboxylic acid groups (broad SMARTS) is 1. The Morgan fingerprint density at radius 1 is 0.537 bits per heavy atom. The molecule has 0 atom stereocenters. The monoisotopic (exact) mass is 951 g/mol. The molecule has 0 bridgehead atoms. The highest BCUT2D eigenvalue weighted by atomic mass is 16.4. The van der Waals surface area contributed by atoms with E-state index in [1.54, 1.807) is 70.2 Å². The second kappa shape index (κ2) is 51.5. The first-order chi connectivity index (χ1) is 28.9. The molecular formula is C50H86N4O13. The summed E-state index contributed by atoms with van der Waals surface area (Å²) < 4.78 is 17.4. The fourth-order valence-electron chi connectivity index (χ4n) is 3.25. The fourth-order valence-corrected chi connectivity index (χ4v) is 3.25. The van der Waals surface area contributed by atoms with Crippen LogP contribution in [0.5, 0.6) is 5.75 Å². The Hall–Kier alpha value is -7.11. The number of hydrogen-bond donors (Lipinski definition) is 4. The average molecular weight is 951 g/mol. The van der Waals surface area contributed by atoms with Gasteiger partial charge in [0.2, 0.25) is 11.2 Å². The van der Waals surface area contributed by atoms with Gasteiger partial charge in [-0.2, -0.15) is 0 Å². The summed E-state index contributed by atoms with van der Waals surface area (Å²) >= 11 is 0. The molecule has 0 aliphatic carbocycles. The molecule has 0 amide bonds. The number of nitrogens with zero attached hydrogens (tertiary/aromatic N) is 2. The van der Waals surface area contributed by atoms with E-state index in [1.807, 2.05) is 80.1 Å². The zero-order valence-corrected chi connectivity index (χ0v) is 39.4. The number of aromatic nitrogens is 3. The van der Waals surface area contributed by atoms with Crippen molar-refractivity contribution in [1.82, 2.24) is 20.3 Å². The first-order valence-corrected chi connectivity index (χ1v) is 19.4. The van der Waals surface area contributed by atoms with Crippen molar-refractivity contribution in [1.29, 1.82) is 0 Å². The summed E-state index contributed by atoms with van der Waals surface area (Å²) in [6, 6.07) is 8.14. The number of hydrogen-bond acceptors (Lipinski definition) is 12. The van der Waals surface area contributed by atoms with Gasteiger partial charge in [-0.15, -0.1) is 0 Å². The van der Waals surface area contributed by atoms with Crippen LogP contribution in [-0.2, 0) is 14.1 Å². The minimum absolute atomic E-state index is 0. The molecule has 17 nitrogen and oxygen atoms in total. The normalized spacial score (nSPS) is 7.75. The highest BCUT2D eigenvalue weighted by Crippen LogP contribution is 1.97. The number of carboxylic acids is 1. The molecule has 0 unspecified atom stereocenters. The standard InChI is InChI=1S/C7H9NO.C7H6O4.C6H7NO2.C6H7NO.2C6H6O2.4C2H6.4CH4.H3N.H2O/c1-6-5-8(2)4-3-7(6)9;1-4-3-11-6(7(9)10)2-5(4)8;1-7-3-2-5(8)6(9)4-7;1-5-4-7-3-2-6(5)8;2*1-5-4-8-3-2-6(5)7;4*1-2;;;;;;/h3-5H,1-2H3;2-3H,1H3,(H,9,10);2-4,9H,1H3;2-4H,1H3,(H,7,8);2*2-4H,1H3;4*1-2H3;4*1H4;1H3;1H2. The first-order valence-electron chi connectivity index (χ1n) is 19.4. The van der Waals surface area contributed by atoms with Crippen molar-refractivity contribution >= 4 is 5.97 Å². The van der Waals surface area contributed by atoms with Gasteiger partial charge in [-0.3, -0.25) is 28.8 Å². The SMILES string of the molecule is C.C.C.C.CC.CC.CC.CC.Cc1c[nH]ccc1=O.Cc1cn(C)ccc1=O.Cc1coc(C(=O)O)cc1=O.Cc1coccc1=O.Cc1coccc1=O.Cn1ccc(=O)c(O)c1.N.O. The minimum Gasteiger partial charge on any atom is -0.503 e. The molecule has 6 aromatic rings. The average Bonchev–Trinajstić information content (AvgIpc) is 3.26. The molecule has 6 heterocycles. The van der Waals surface area contributed by atoms with Crippen LogP contribution in [0.15, 0.2) is 147 Å². The predicted molar refractivity (Wildman–Crippen MR) is 279 cm³/mol. The smallest absolute Gasteiger partial charge is 0.371 e. The van der Waals surface area contributed by atoms with Crippen LogP contribution in [0.3, 0.4) is 0 Å². The van der Waals surface area contributed by atoms with Gasteiger partial charge in [0.15, 0.2) is 32.9 Å². The molecule has 0 radical (unpaired) electrons. The lowest BCUT2D eigenvalue weighted by atomic mass is 10.3. The topological polar surface area (TPSA) is 292 Å². The molecule has 6 aromatic heterocycles. The van der Waals surface area contributed by atoms with Crippen LogP contribution in [0.2, 0.25) is 0 Å². The van der Waals surface area contributed by atoms with E-state index < -0.39 is 5.97 Å². The second-order valence-electron chi connectivity index (χ2n) is 11.0. The van der Waals surface area contributed by atoms with Crippen LogP contribution in [0.4, 0.5) is 0 Å². The van der Waals surface area contributed by atoms with Crippen LogP contribution in [-0.4, -0.2) is 35.8 Å². The Morgan fingerprint density at radius 2 is 0.910 bits per heavy atom. The fraction of sp³-hybridized carbons (Fsp3) is 0.380. The quantitative estimate of drug-likeness (QED) is 0.119. The Bertz CT molecular complexity index is 2250. The van der Waals surface area contributed by atoms with Crippen molar-refractivity contribution in [3.8, 4) is 5.75 Å². The number of H-pyrrole nitrogens is 1. The summed E-state index contributed by atoms with van der Waals surface area (Å²) in [5.74, 6) is -1.78. The molecule has 384 valence electrons. The number of aromatic hydroxyl groups is 1. The van der Waals surface area contributed by atoms with Crippen molar-refractivity contribution in [2.24, 2.45) is 14.1 Å². The van der Waals surface area contributed by atoms with Crippen molar-refractivity contribution < 1.29 is 33.7 Å². The van der Waals surface area contributed by atoms with Crippen LogP contribution < -0.4 is 38.7 Å². The minimum atomic E-state index is -1.23. The summed E-state index contributed by atoms with van der Waals surface area (Å²) in [6.45, 7) is 24.6. The molecule has 0 aromatic carbocycles. The highest BCUT2D eigenvalue weighted by Gasteiger charge is 2.06. The largest absolute Gasteiger partial charge is 0.503 e. The third-order valence-electron chi connectivity index (χ3n) is 6.39. The molecule has 0 aliphatic rings. The second-order valence-corrected chi connectivity index (χ2v) is 11.0. The molecule has 0 saturated heterocycles. The van der Waals surface area contributed by atoms with E-state index in [9.17, 15) is 33.6 Å². The van der Waals surface area contributed by atoms with Gasteiger partial charge < -0.3 is 49.2 Å². The Balaban J connectivity index is -0.0000000695. The Morgan fingerprint density at radius 3 is 1.18 bits per heavy atom. The van der Waals surface area contributed by atoms with Gasteiger partial charge in [-0.25, -0.2) is 4.79 Å². The Kier molecular flexibility index (Phi) is 64.2. The van der Waals surface area contributed by atoms with Gasteiger partial charge >= 0.3 is 5.97 Å². The van der Waals surface area contributed by atoms with Crippen LogP contribution in [0, 0.1) is 34.6 Å². The van der Waals surface area contributed by atoms with E-state index in [-0.39, 0.29) is 85.4 Å². The summed E-state index contributed by atoms with van der Waals surface area (Å²) in [6.07, 6.45) is 16.5. The van der Waals surface area contributed by atoms with Gasteiger partial charge in [0.1, 0.15) is 0 Å². The zero-order valence-electron chi connectivity index (χ0n) is 39.4. The van der Waals surface area contributed by atoms with Crippen molar-refractivity contribution in [3.05, 3.63) is 200 Å². The van der Waals surface area contributed by atoms with Gasteiger partial charge in [0.05, 0.1) is 31.3 Å². The van der Waals surface area contributed by atoms with Crippen LogP contribution in [0.1, 0.15) is 123 Å². The lowest BCUT2D eigenvalue weighted by Gasteiger charge is -1.95. The van der Waals surface area contributed by atoms with Crippen molar-refractivity contribution in [2.45, 2.75) is 120 Å². The van der Waals surface area contributed by atoms with E-state index in [1.165, 1.54) is 55.5 Å². The third kappa shape index (κ3) is 40.2. The molecule has 0 saturated carbocycles. The molecule has 6 rings (SSSR count). The van der Waals surface area contributed by atoms with E-state index in [2.05, 4.69) is 18.2 Å². The number of aromatic carboxylic acids is 1. The summed E-state index contributed by atoms with van der Waals surface area (Å²) in [4.78, 5) is 76.8. The van der Waals surface area contributed by atoms with Gasteiger partial charge in [0, 0.05) is 115 Å². The molecule has 17 heteroatoms. The van der Waals surface area contributed by atoms with Crippen LogP contribution in [0.25, 0.3) is 0 Å². The maximum Gasteiger partial charge on any atom is 0.371 e. The number of pyridine rings is 3. The Labute approximate surface area is 398 Å². The molecule has 8 N–H and O–H groups in total. The number of carbonyl (C=O) groups is 1. The molecular weight excluding hydrogens is 865 g/mol. The van der Waals surface area contributed by atoms with Gasteiger partial charge in [0.25, 0.3) is 0 Å². The lowest BCUT2D eigenvalue weighted by Crippen LogP contribution is -2.07. The van der Waals surface area contributed by atoms with Crippen molar-refractivity contribution in [3.63, 3.8) is 0 Å². The van der Waals surface area contributed by atoms with Gasteiger partial charge in [-0.05, 0) is 34.6 Å². The zero-order chi connectivity index (χ0) is 48.1. The number of rotatable bonds is 1. The third-order valence-corrected chi connectivity index (χ3v) is 6.39. The molecule has 67 heavy (non-hydrogen) atoms. The predicted octanol–water partition coefficient (Wildman–Crippen LogP) is 10.00. The molecule has 0 spiro atoms. The van der Waals surface area contributed by atoms with E-state index in [0.717, 1.165) is 23.5 Å². The van der Waals surface area contributed by atoms with E-state index in [0.29, 0.717) is 16.7 Å². The van der Waals surface area contributed by atoms with E-state index >= 15 is 0 Å². The maximum atomic E-state index is 10.8. The summed E-state index contributed by atoms with van der Waals surface area (Å²) in [5, 5.41) is 17.1. The van der Waals surface area contributed by atoms with Crippen LogP contribution >= 0.6 is 0 Å². The number of aromatic amines is 1. The number of aryl methyl sites for hydroxylation is 7. The number of nitrogens with one attached hydrogen (secondary N) is 1. The van der Waals surface area contributed by atoms with Gasteiger partial charge in [-0.1, -0.05) is 85.1 Å². The summed E-state index contributed by atoms with van der Waals surface area (Å²) in [7, 11) is 3.63. The van der Waals surface area contributed by atoms with Crippen molar-refractivity contribution in [2.75, 3.05) is 0 Å². The maximum absolute atomic E-state index is 10.8.